The summed E-state index contributed by atoms with van der Waals surface area (Å²) < 4.78 is 2.26. The van der Waals surface area contributed by atoms with E-state index in [0.717, 1.165) is 15.7 Å². The first-order valence-electron chi connectivity index (χ1n) is 8.06. The molecule has 0 saturated carbocycles. The Morgan fingerprint density at radius 3 is 2.72 bits per heavy atom. The molecule has 0 saturated heterocycles. The van der Waals surface area contributed by atoms with Gasteiger partial charge in [0.1, 0.15) is 18.2 Å². The Morgan fingerprint density at radius 2 is 2.04 bits per heavy atom. The molecular weight excluding hydrogens is 320 g/mol. The molecule has 3 rings (SSSR count). The van der Waals surface area contributed by atoms with Crippen molar-refractivity contribution < 1.29 is 4.79 Å². The molecule has 0 aliphatic carbocycles. The molecular formula is C18H18N4O3. The van der Waals surface area contributed by atoms with Crippen LogP contribution < -0.4 is 16.6 Å². The fourth-order valence-electron chi connectivity index (χ4n) is 3.05. The van der Waals surface area contributed by atoms with Crippen LogP contribution in [0.25, 0.3) is 0 Å². The van der Waals surface area contributed by atoms with Crippen molar-refractivity contribution in [1.82, 2.24) is 9.13 Å². The maximum Gasteiger partial charge on any atom is 0.331 e. The second-order valence-electron chi connectivity index (χ2n) is 6.21. The van der Waals surface area contributed by atoms with Gasteiger partial charge in [-0.2, -0.15) is 5.26 Å². The molecule has 1 N–H and O–H groups in total. The van der Waals surface area contributed by atoms with Crippen LogP contribution in [0.1, 0.15) is 28.8 Å². The van der Waals surface area contributed by atoms with Gasteiger partial charge in [0.05, 0.1) is 0 Å². The van der Waals surface area contributed by atoms with Crippen molar-refractivity contribution in [2.75, 3.05) is 5.32 Å². The molecule has 1 aromatic carbocycles. The average Bonchev–Trinajstić information content (AvgIpc) is 3.05. The lowest BCUT2D eigenvalue weighted by Gasteiger charge is -2.11. The summed E-state index contributed by atoms with van der Waals surface area (Å²) in [4.78, 5) is 37.2. The Bertz CT molecular complexity index is 1020. The van der Waals surface area contributed by atoms with Crippen molar-refractivity contribution in [3.05, 3.63) is 61.4 Å². The number of anilines is 1. The van der Waals surface area contributed by atoms with E-state index in [9.17, 15) is 19.6 Å². The number of carbonyl (C=O) groups excluding carboxylic acids is 1. The molecule has 1 aromatic heterocycles. The number of hydrogen-bond acceptors (Lipinski definition) is 4. The highest BCUT2D eigenvalue weighted by atomic mass is 16.2. The molecule has 128 valence electrons. The Hall–Kier alpha value is -3.14. The normalized spacial score (nSPS) is 12.5. The standard InChI is InChI=1S/C18H18N4O3/c1-11-5-6-13(8-12(11)2)20-16(23)10-22-17(24)14(9-19)15-4-3-7-21(15)18(22)25/h5-6,8H,3-4,7,10H2,1-2H3,(H,20,23). The van der Waals surface area contributed by atoms with Gasteiger partial charge in [0, 0.05) is 17.9 Å². The minimum absolute atomic E-state index is 0.0453. The highest BCUT2D eigenvalue weighted by molar-refractivity contribution is 5.90. The van der Waals surface area contributed by atoms with Crippen molar-refractivity contribution in [2.45, 2.75) is 39.8 Å². The summed E-state index contributed by atoms with van der Waals surface area (Å²) in [6.07, 6.45) is 1.24. The largest absolute Gasteiger partial charge is 0.331 e. The number of hydrogen-bond donors (Lipinski definition) is 1. The van der Waals surface area contributed by atoms with E-state index >= 15 is 0 Å². The maximum absolute atomic E-state index is 12.5. The fraction of sp³-hybridized carbons (Fsp3) is 0.333. The number of nitrogens with zero attached hydrogens (tertiary/aromatic N) is 3. The Morgan fingerprint density at radius 1 is 1.28 bits per heavy atom. The van der Waals surface area contributed by atoms with E-state index in [2.05, 4.69) is 5.32 Å². The van der Waals surface area contributed by atoms with E-state index in [1.165, 1.54) is 4.57 Å². The van der Waals surface area contributed by atoms with Crippen LogP contribution in [0.3, 0.4) is 0 Å². The highest BCUT2D eigenvalue weighted by Gasteiger charge is 2.23. The van der Waals surface area contributed by atoms with Crippen molar-refractivity contribution in [3.63, 3.8) is 0 Å². The minimum Gasteiger partial charge on any atom is -0.325 e. The van der Waals surface area contributed by atoms with Crippen molar-refractivity contribution in [2.24, 2.45) is 0 Å². The topological polar surface area (TPSA) is 96.9 Å². The number of amides is 1. The predicted octanol–water partition coefficient (Wildman–Crippen LogP) is 1.08. The van der Waals surface area contributed by atoms with Gasteiger partial charge in [-0.05, 0) is 49.9 Å². The number of aromatic nitrogens is 2. The molecule has 0 spiro atoms. The van der Waals surface area contributed by atoms with Crippen LogP contribution in [-0.4, -0.2) is 15.0 Å². The van der Waals surface area contributed by atoms with Gasteiger partial charge in [-0.3, -0.25) is 14.2 Å². The highest BCUT2D eigenvalue weighted by Crippen LogP contribution is 2.15. The van der Waals surface area contributed by atoms with Crippen LogP contribution in [0.4, 0.5) is 5.69 Å². The van der Waals surface area contributed by atoms with Gasteiger partial charge >= 0.3 is 5.69 Å². The summed E-state index contributed by atoms with van der Waals surface area (Å²) in [7, 11) is 0. The molecule has 1 amide bonds. The number of carbonyl (C=O) groups is 1. The number of fused-ring (bicyclic) bond motifs is 1. The molecule has 0 radical (unpaired) electrons. The molecule has 25 heavy (non-hydrogen) atoms. The molecule has 1 aliphatic heterocycles. The second kappa shape index (κ2) is 6.40. The third-order valence-electron chi connectivity index (χ3n) is 4.53. The first-order chi connectivity index (χ1) is 11.9. The number of aryl methyl sites for hydroxylation is 2. The summed E-state index contributed by atoms with van der Waals surface area (Å²) in [5, 5.41) is 11.9. The lowest BCUT2D eigenvalue weighted by Crippen LogP contribution is -2.44. The van der Waals surface area contributed by atoms with Gasteiger partial charge in [-0.25, -0.2) is 9.36 Å². The van der Waals surface area contributed by atoms with Crippen LogP contribution in [-0.2, 0) is 24.3 Å². The summed E-state index contributed by atoms with van der Waals surface area (Å²) in [5.74, 6) is -0.482. The summed E-state index contributed by atoms with van der Waals surface area (Å²) in [6, 6.07) is 7.35. The maximum atomic E-state index is 12.5. The van der Waals surface area contributed by atoms with Crippen LogP contribution >= 0.6 is 0 Å². The predicted molar refractivity (Wildman–Crippen MR) is 92.5 cm³/mol. The molecule has 0 atom stereocenters. The number of benzene rings is 1. The zero-order valence-corrected chi connectivity index (χ0v) is 14.1. The number of nitrogens with one attached hydrogen (secondary N) is 1. The summed E-state index contributed by atoms with van der Waals surface area (Å²) >= 11 is 0. The molecule has 0 unspecified atom stereocenters. The second-order valence-corrected chi connectivity index (χ2v) is 6.21. The van der Waals surface area contributed by atoms with E-state index in [1.54, 1.807) is 6.07 Å². The molecule has 2 heterocycles. The van der Waals surface area contributed by atoms with Crippen molar-refractivity contribution >= 4 is 11.6 Å². The Kier molecular flexibility index (Phi) is 4.28. The van der Waals surface area contributed by atoms with Gasteiger partial charge in [-0.15, -0.1) is 0 Å². The van der Waals surface area contributed by atoms with Gasteiger partial charge in [0.15, 0.2) is 0 Å². The van der Waals surface area contributed by atoms with Crippen LogP contribution in [0.5, 0.6) is 0 Å². The minimum atomic E-state index is -0.698. The lowest BCUT2D eigenvalue weighted by molar-refractivity contribution is -0.116. The first kappa shape index (κ1) is 16.7. The Balaban J connectivity index is 1.92. The zero-order chi connectivity index (χ0) is 18.1. The van der Waals surface area contributed by atoms with Crippen LogP contribution in [0.2, 0.25) is 0 Å². The summed E-state index contributed by atoms with van der Waals surface area (Å²) in [6.45, 7) is 3.94. The van der Waals surface area contributed by atoms with Gasteiger partial charge in [-0.1, -0.05) is 6.07 Å². The molecule has 1 aliphatic rings. The number of rotatable bonds is 3. The SMILES string of the molecule is Cc1ccc(NC(=O)Cn2c(=O)c(C#N)c3n(c2=O)CCC3)cc1C. The third kappa shape index (κ3) is 2.98. The van der Waals surface area contributed by atoms with E-state index in [1.807, 2.05) is 32.0 Å². The van der Waals surface area contributed by atoms with E-state index in [4.69, 9.17) is 0 Å². The number of nitriles is 1. The average molecular weight is 338 g/mol. The monoisotopic (exact) mass is 338 g/mol. The Labute approximate surface area is 144 Å². The first-order valence-corrected chi connectivity index (χ1v) is 8.06. The smallest absolute Gasteiger partial charge is 0.325 e. The van der Waals surface area contributed by atoms with Crippen molar-refractivity contribution in [3.8, 4) is 6.07 Å². The van der Waals surface area contributed by atoms with Gasteiger partial charge in [0.25, 0.3) is 5.56 Å². The fourth-order valence-corrected chi connectivity index (χ4v) is 3.05. The summed E-state index contributed by atoms with van der Waals surface area (Å²) in [5.41, 5.74) is 1.93. The quantitative estimate of drug-likeness (QED) is 0.906. The van der Waals surface area contributed by atoms with E-state index in [-0.39, 0.29) is 5.56 Å². The van der Waals surface area contributed by atoms with Crippen LogP contribution in [0, 0.1) is 25.2 Å². The molecule has 0 bridgehead atoms. The van der Waals surface area contributed by atoms with Crippen molar-refractivity contribution in [1.29, 1.82) is 5.26 Å². The van der Waals surface area contributed by atoms with Gasteiger partial charge in [0.2, 0.25) is 5.91 Å². The van der Waals surface area contributed by atoms with Crippen LogP contribution in [0.15, 0.2) is 27.8 Å². The molecule has 0 fully saturated rings. The van der Waals surface area contributed by atoms with Gasteiger partial charge < -0.3 is 5.32 Å². The van der Waals surface area contributed by atoms with E-state index < -0.39 is 23.7 Å². The third-order valence-corrected chi connectivity index (χ3v) is 4.53. The van der Waals surface area contributed by atoms with E-state index in [0.29, 0.717) is 30.8 Å². The molecule has 2 aromatic rings. The molecule has 7 nitrogen and oxygen atoms in total. The molecule has 7 heteroatoms. The zero-order valence-electron chi connectivity index (χ0n) is 14.1. The lowest BCUT2D eigenvalue weighted by atomic mass is 10.1.